The lowest BCUT2D eigenvalue weighted by atomic mass is 9.97. The molecule has 2 N–H and O–H groups in total. The Morgan fingerprint density at radius 3 is 2.66 bits per heavy atom. The second kappa shape index (κ2) is 8.00. The molecule has 172 valence electrons. The van der Waals surface area contributed by atoms with E-state index < -0.39 is 27.6 Å². The van der Waals surface area contributed by atoms with Crippen LogP contribution in [-0.4, -0.2) is 42.7 Å². The van der Waals surface area contributed by atoms with Crippen LogP contribution in [0.15, 0.2) is 36.5 Å². The number of hydrazine groups is 1. The second-order valence-corrected chi connectivity index (χ2v) is 11.1. The minimum atomic E-state index is -3.08. The second-order valence-electron chi connectivity index (χ2n) is 9.02. The van der Waals surface area contributed by atoms with Gasteiger partial charge in [0.2, 0.25) is 6.36 Å². The molecule has 0 radical (unpaired) electrons. The molecular weight excluding hydrogens is 435 g/mol. The third-order valence-electron chi connectivity index (χ3n) is 5.52. The first-order valence-corrected chi connectivity index (χ1v) is 12.3. The van der Waals surface area contributed by atoms with Gasteiger partial charge in [0.05, 0.1) is 40.7 Å². The Kier molecular flexibility index (Phi) is 5.62. The van der Waals surface area contributed by atoms with Crippen molar-refractivity contribution in [1.82, 2.24) is 15.7 Å². The molecule has 0 saturated carbocycles. The third-order valence-corrected chi connectivity index (χ3v) is 7.68. The number of anilines is 2. The molecule has 0 bridgehead atoms. The van der Waals surface area contributed by atoms with Crippen molar-refractivity contribution in [3.63, 3.8) is 0 Å². The minimum Gasteiger partial charge on any atom is -0.461 e. The number of nitrogens with one attached hydrogen (secondary N) is 2. The maximum absolute atomic E-state index is 13.3. The van der Waals surface area contributed by atoms with Crippen LogP contribution in [0.3, 0.4) is 0 Å². The van der Waals surface area contributed by atoms with E-state index in [1.165, 1.54) is 6.92 Å². The van der Waals surface area contributed by atoms with Crippen LogP contribution in [0.5, 0.6) is 5.75 Å². The molecule has 32 heavy (non-hydrogen) atoms. The van der Waals surface area contributed by atoms with Gasteiger partial charge in [-0.25, -0.2) is 23.2 Å². The first-order chi connectivity index (χ1) is 15.0. The van der Waals surface area contributed by atoms with E-state index in [9.17, 15) is 17.6 Å². The van der Waals surface area contributed by atoms with Gasteiger partial charge in [0.25, 0.3) is 5.91 Å². The molecule has 1 saturated heterocycles. The van der Waals surface area contributed by atoms with E-state index in [0.717, 1.165) is 16.9 Å². The Balaban J connectivity index is 1.62. The van der Waals surface area contributed by atoms with E-state index in [4.69, 9.17) is 4.74 Å². The lowest BCUT2D eigenvalue weighted by molar-refractivity contribution is 0.0860. The van der Waals surface area contributed by atoms with Crippen LogP contribution in [-0.2, 0) is 9.84 Å². The lowest BCUT2D eigenvalue weighted by Gasteiger charge is -2.38. The van der Waals surface area contributed by atoms with E-state index in [2.05, 4.69) is 29.6 Å². The Hall–Kier alpha value is -2.72. The highest BCUT2D eigenvalue weighted by atomic mass is 32.2. The lowest BCUT2D eigenvalue weighted by Crippen LogP contribution is -2.63. The summed E-state index contributed by atoms with van der Waals surface area (Å²) in [4.78, 5) is 17.1. The predicted molar refractivity (Wildman–Crippen MR) is 119 cm³/mol. The molecule has 0 spiro atoms. The molecule has 2 unspecified atom stereocenters. The number of pyridine rings is 1. The molecule has 1 aromatic heterocycles. The molecule has 1 fully saturated rings. The summed E-state index contributed by atoms with van der Waals surface area (Å²) < 4.78 is 41.5. The molecule has 4 rings (SSSR count). The average Bonchev–Trinajstić information content (AvgIpc) is 3.05. The number of rotatable bonds is 6. The number of carbonyl (C=O) groups is 1. The first-order valence-electron chi connectivity index (χ1n) is 10.5. The zero-order valence-corrected chi connectivity index (χ0v) is 19.2. The molecule has 8 nitrogen and oxygen atoms in total. The summed E-state index contributed by atoms with van der Waals surface area (Å²) in [7, 11) is -3.08. The number of nitrogens with zero attached hydrogens (tertiary/aromatic N) is 2. The third kappa shape index (κ3) is 4.42. The largest absolute Gasteiger partial charge is 0.461 e. The van der Waals surface area contributed by atoms with Crippen molar-refractivity contribution >= 4 is 27.1 Å². The van der Waals surface area contributed by atoms with Crippen molar-refractivity contribution in [1.29, 1.82) is 0 Å². The number of amides is 1. The normalized spacial score (nSPS) is 21.6. The SMILES string of the molecule is CC(F)Oc1cccc(N2NC(C(C)C)c3cc(C(=O)NC4(C)CS(=O)(=O)C4)ncc32)c1. The number of carbonyl (C=O) groups excluding carboxylic acids is 1. The zero-order chi connectivity index (χ0) is 23.3. The molecule has 1 aromatic carbocycles. The summed E-state index contributed by atoms with van der Waals surface area (Å²) in [5.74, 6) is 0.0595. The van der Waals surface area contributed by atoms with Crippen molar-refractivity contribution in [3.8, 4) is 5.75 Å². The Morgan fingerprint density at radius 1 is 1.31 bits per heavy atom. The summed E-state index contributed by atoms with van der Waals surface area (Å²) in [6, 6.07) is 8.72. The Bertz CT molecular complexity index is 1140. The summed E-state index contributed by atoms with van der Waals surface area (Å²) in [5.41, 5.74) is 5.32. The minimum absolute atomic E-state index is 0.0729. The molecule has 2 atom stereocenters. The van der Waals surface area contributed by atoms with Gasteiger partial charge in [-0.15, -0.1) is 0 Å². The van der Waals surface area contributed by atoms with Crippen LogP contribution in [0.4, 0.5) is 15.8 Å². The summed E-state index contributed by atoms with van der Waals surface area (Å²) in [5, 5.41) is 4.65. The number of benzene rings is 1. The van der Waals surface area contributed by atoms with Crippen LogP contribution < -0.4 is 20.5 Å². The van der Waals surface area contributed by atoms with E-state index >= 15 is 0 Å². The number of hydrogen-bond acceptors (Lipinski definition) is 7. The highest BCUT2D eigenvalue weighted by molar-refractivity contribution is 7.93. The molecule has 1 amide bonds. The number of sulfone groups is 1. The van der Waals surface area contributed by atoms with Crippen molar-refractivity contribution in [3.05, 3.63) is 47.8 Å². The number of fused-ring (bicyclic) bond motifs is 1. The molecule has 2 aromatic rings. The number of halogens is 1. The van der Waals surface area contributed by atoms with Gasteiger partial charge in [0, 0.05) is 18.6 Å². The maximum atomic E-state index is 13.3. The fourth-order valence-corrected chi connectivity index (χ4v) is 6.25. The molecule has 0 aliphatic carbocycles. The van der Waals surface area contributed by atoms with Gasteiger partial charge in [-0.3, -0.25) is 9.80 Å². The predicted octanol–water partition coefficient (Wildman–Crippen LogP) is 3.05. The number of ether oxygens (including phenoxy) is 1. The van der Waals surface area contributed by atoms with Crippen molar-refractivity contribution in [2.24, 2.45) is 5.92 Å². The number of aromatic nitrogens is 1. The average molecular weight is 463 g/mol. The van der Waals surface area contributed by atoms with E-state index in [1.54, 1.807) is 37.4 Å². The smallest absolute Gasteiger partial charge is 0.270 e. The summed E-state index contributed by atoms with van der Waals surface area (Å²) in [6.07, 6.45) is 0.188. The Morgan fingerprint density at radius 2 is 2.03 bits per heavy atom. The van der Waals surface area contributed by atoms with E-state index in [0.29, 0.717) is 5.75 Å². The van der Waals surface area contributed by atoms with Gasteiger partial charge in [0.1, 0.15) is 11.4 Å². The van der Waals surface area contributed by atoms with Gasteiger partial charge in [-0.2, -0.15) is 0 Å². The molecular formula is C22H27FN4O4S. The van der Waals surface area contributed by atoms with Crippen LogP contribution in [0.1, 0.15) is 49.8 Å². The fraction of sp³-hybridized carbons (Fsp3) is 0.455. The molecule has 2 aliphatic rings. The van der Waals surface area contributed by atoms with Crippen LogP contribution >= 0.6 is 0 Å². The van der Waals surface area contributed by atoms with Crippen molar-refractivity contribution < 1.29 is 22.3 Å². The van der Waals surface area contributed by atoms with Crippen molar-refractivity contribution in [2.45, 2.75) is 45.6 Å². The van der Waals surface area contributed by atoms with Gasteiger partial charge < -0.3 is 10.1 Å². The summed E-state index contributed by atoms with van der Waals surface area (Å²) >= 11 is 0. The number of hydrogen-bond donors (Lipinski definition) is 2. The van der Waals surface area contributed by atoms with Gasteiger partial charge in [-0.1, -0.05) is 19.9 Å². The molecule has 3 heterocycles. The fourth-order valence-electron chi connectivity index (χ4n) is 4.25. The van der Waals surface area contributed by atoms with Crippen LogP contribution in [0, 0.1) is 5.92 Å². The first kappa shape index (κ1) is 22.5. The quantitative estimate of drug-likeness (QED) is 0.681. The van der Waals surface area contributed by atoms with Crippen LogP contribution in [0.2, 0.25) is 0 Å². The highest BCUT2D eigenvalue weighted by Crippen LogP contribution is 2.41. The van der Waals surface area contributed by atoms with E-state index in [1.807, 2.05) is 11.1 Å². The zero-order valence-electron chi connectivity index (χ0n) is 18.4. The molecule has 10 heteroatoms. The van der Waals surface area contributed by atoms with Gasteiger partial charge in [-0.05, 0) is 31.0 Å². The van der Waals surface area contributed by atoms with Crippen molar-refractivity contribution in [2.75, 3.05) is 16.5 Å². The Labute approximate surface area is 187 Å². The topological polar surface area (TPSA) is 101 Å². The number of alkyl halides is 1. The standard InChI is InChI=1S/C22H27FN4O4S/c1-13(2)20-17-9-18(21(28)25-22(4)11-32(29,30)12-22)24-10-19(17)27(26-20)15-6-5-7-16(8-15)31-14(3)23/h5-10,13-14,20,26H,11-12H2,1-4H3,(H,25,28). The molecule has 2 aliphatic heterocycles. The van der Waals surface area contributed by atoms with Gasteiger partial charge in [0.15, 0.2) is 9.84 Å². The van der Waals surface area contributed by atoms with Gasteiger partial charge >= 0.3 is 0 Å². The van der Waals surface area contributed by atoms with E-state index in [-0.39, 0.29) is 29.2 Å². The maximum Gasteiger partial charge on any atom is 0.270 e. The van der Waals surface area contributed by atoms with Crippen LogP contribution in [0.25, 0.3) is 0 Å². The summed E-state index contributed by atoms with van der Waals surface area (Å²) in [6.45, 7) is 7.17. The highest BCUT2D eigenvalue weighted by Gasteiger charge is 2.46. The monoisotopic (exact) mass is 462 g/mol.